The number of nitrogens with one attached hydrogen (secondary N) is 1. The fourth-order valence-corrected chi connectivity index (χ4v) is 3.36. The summed E-state index contributed by atoms with van der Waals surface area (Å²) in [5.74, 6) is -0.0100. The third kappa shape index (κ3) is 2.51. The molecule has 1 amide bonds. The molecule has 2 heterocycles. The molecule has 1 fully saturated rings. The number of anilines is 1. The molecule has 0 bridgehead atoms. The van der Waals surface area contributed by atoms with Gasteiger partial charge in [0.15, 0.2) is 0 Å². The Kier molecular flexibility index (Phi) is 3.64. The maximum atomic E-state index is 13.6. The molecule has 4 heteroatoms. The second-order valence-corrected chi connectivity index (χ2v) is 5.93. The van der Waals surface area contributed by atoms with Crippen molar-refractivity contribution in [3.8, 4) is 0 Å². The van der Waals surface area contributed by atoms with E-state index in [0.29, 0.717) is 12.5 Å². The number of hydrogen-bond acceptors (Lipinski definition) is 2. The number of halogens is 1. The van der Waals surface area contributed by atoms with Crippen LogP contribution >= 0.6 is 0 Å². The molecule has 0 unspecified atom stereocenters. The molecule has 2 aliphatic heterocycles. The van der Waals surface area contributed by atoms with Crippen molar-refractivity contribution in [1.82, 2.24) is 4.90 Å². The molecule has 0 spiro atoms. The molecule has 1 N–H and O–H groups in total. The fraction of sp³-hybridized carbons (Fsp3) is 0.562. The van der Waals surface area contributed by atoms with Crippen molar-refractivity contribution < 1.29 is 9.18 Å². The van der Waals surface area contributed by atoms with Crippen LogP contribution in [0.1, 0.15) is 50.6 Å². The summed E-state index contributed by atoms with van der Waals surface area (Å²) in [4.78, 5) is 14.3. The van der Waals surface area contributed by atoms with Gasteiger partial charge in [0.2, 0.25) is 5.91 Å². The molecule has 3 rings (SSSR count). The predicted octanol–water partition coefficient (Wildman–Crippen LogP) is 3.47. The van der Waals surface area contributed by atoms with E-state index in [-0.39, 0.29) is 17.8 Å². The van der Waals surface area contributed by atoms with Crippen molar-refractivity contribution in [1.29, 1.82) is 0 Å². The largest absolute Gasteiger partial charge is 0.382 e. The van der Waals surface area contributed by atoms with E-state index >= 15 is 0 Å². The Morgan fingerprint density at radius 2 is 2.15 bits per heavy atom. The van der Waals surface area contributed by atoms with Crippen molar-refractivity contribution in [2.75, 3.05) is 11.9 Å². The molecule has 2 aliphatic rings. The van der Waals surface area contributed by atoms with Crippen LogP contribution < -0.4 is 5.32 Å². The summed E-state index contributed by atoms with van der Waals surface area (Å²) in [5, 5.41) is 3.38. The van der Waals surface area contributed by atoms with Gasteiger partial charge in [-0.05, 0) is 44.4 Å². The van der Waals surface area contributed by atoms with Gasteiger partial charge in [0.1, 0.15) is 5.82 Å². The molecule has 1 aromatic carbocycles. The summed E-state index contributed by atoms with van der Waals surface area (Å²) in [6.45, 7) is 2.91. The standard InChI is InChI=1S/C16H21FN2O/c1-11-9-15(19-8-4-2-3-5-16(19)20)13-10-12(17)6-7-14(13)18-11/h6-7,10-11,15,18H,2-5,8-9H2,1H3/t11-,15+/m0/s1. The van der Waals surface area contributed by atoms with E-state index in [9.17, 15) is 9.18 Å². The maximum absolute atomic E-state index is 13.6. The van der Waals surface area contributed by atoms with Crippen molar-refractivity contribution in [2.24, 2.45) is 0 Å². The third-order valence-electron chi connectivity index (χ3n) is 4.34. The summed E-state index contributed by atoms with van der Waals surface area (Å²) >= 11 is 0. The number of carbonyl (C=O) groups is 1. The number of rotatable bonds is 1. The Labute approximate surface area is 119 Å². The molecule has 20 heavy (non-hydrogen) atoms. The van der Waals surface area contributed by atoms with Crippen LogP contribution in [0.4, 0.5) is 10.1 Å². The minimum Gasteiger partial charge on any atom is -0.382 e. The van der Waals surface area contributed by atoms with Crippen LogP contribution in [-0.4, -0.2) is 23.4 Å². The van der Waals surface area contributed by atoms with Gasteiger partial charge < -0.3 is 10.2 Å². The normalized spacial score (nSPS) is 26.7. The number of benzene rings is 1. The SMILES string of the molecule is C[C@H]1C[C@@H](N2CCCCCC2=O)c2cc(F)ccc2N1. The van der Waals surface area contributed by atoms with E-state index in [1.165, 1.54) is 6.07 Å². The van der Waals surface area contributed by atoms with Crippen LogP contribution in [0.25, 0.3) is 0 Å². The number of amides is 1. The van der Waals surface area contributed by atoms with Gasteiger partial charge in [-0.1, -0.05) is 6.42 Å². The highest BCUT2D eigenvalue weighted by Crippen LogP contribution is 2.38. The summed E-state index contributed by atoms with van der Waals surface area (Å²) in [6, 6.07) is 5.16. The predicted molar refractivity (Wildman–Crippen MR) is 77.0 cm³/mol. The first-order valence-corrected chi connectivity index (χ1v) is 7.50. The molecule has 1 aromatic rings. The first-order chi connectivity index (χ1) is 9.65. The fourth-order valence-electron chi connectivity index (χ4n) is 3.36. The van der Waals surface area contributed by atoms with Crippen LogP contribution in [0.5, 0.6) is 0 Å². The van der Waals surface area contributed by atoms with E-state index in [4.69, 9.17) is 0 Å². The summed E-state index contributed by atoms with van der Waals surface area (Å²) in [5.41, 5.74) is 1.89. The Balaban J connectivity index is 1.96. The van der Waals surface area contributed by atoms with Crippen molar-refractivity contribution in [2.45, 2.75) is 51.1 Å². The molecule has 108 valence electrons. The highest BCUT2D eigenvalue weighted by Gasteiger charge is 2.32. The minimum absolute atomic E-state index is 0.0162. The lowest BCUT2D eigenvalue weighted by Gasteiger charge is -2.38. The van der Waals surface area contributed by atoms with Gasteiger partial charge in [0.25, 0.3) is 0 Å². The second-order valence-electron chi connectivity index (χ2n) is 5.93. The first-order valence-electron chi connectivity index (χ1n) is 7.50. The lowest BCUT2D eigenvalue weighted by atomic mass is 9.92. The topological polar surface area (TPSA) is 32.3 Å². The molecule has 2 atom stereocenters. The Morgan fingerprint density at radius 1 is 1.30 bits per heavy atom. The number of nitrogens with zero attached hydrogens (tertiary/aromatic N) is 1. The van der Waals surface area contributed by atoms with Gasteiger partial charge in [-0.3, -0.25) is 4.79 Å². The summed E-state index contributed by atoms with van der Waals surface area (Å²) in [7, 11) is 0. The highest BCUT2D eigenvalue weighted by molar-refractivity contribution is 5.77. The lowest BCUT2D eigenvalue weighted by Crippen LogP contribution is -2.40. The zero-order valence-electron chi connectivity index (χ0n) is 11.9. The molecule has 0 aromatic heterocycles. The molecule has 3 nitrogen and oxygen atoms in total. The second kappa shape index (κ2) is 5.43. The van der Waals surface area contributed by atoms with Gasteiger partial charge in [-0.15, -0.1) is 0 Å². The number of carbonyl (C=O) groups excluding carboxylic acids is 1. The minimum atomic E-state index is -0.229. The molecule has 0 aliphatic carbocycles. The quantitative estimate of drug-likeness (QED) is 0.851. The average molecular weight is 276 g/mol. The van der Waals surface area contributed by atoms with Crippen molar-refractivity contribution in [3.05, 3.63) is 29.6 Å². The van der Waals surface area contributed by atoms with Gasteiger partial charge in [-0.2, -0.15) is 0 Å². The van der Waals surface area contributed by atoms with Crippen molar-refractivity contribution >= 4 is 11.6 Å². The molecule has 1 saturated heterocycles. The molecular weight excluding hydrogens is 255 g/mol. The van der Waals surface area contributed by atoms with E-state index in [1.54, 1.807) is 12.1 Å². The average Bonchev–Trinajstić information content (AvgIpc) is 2.63. The van der Waals surface area contributed by atoms with Crippen LogP contribution in [0.2, 0.25) is 0 Å². The Bertz CT molecular complexity index is 517. The van der Waals surface area contributed by atoms with E-state index in [1.807, 2.05) is 4.90 Å². The van der Waals surface area contributed by atoms with Crippen LogP contribution in [0.15, 0.2) is 18.2 Å². The van der Waals surface area contributed by atoms with Gasteiger partial charge in [0, 0.05) is 30.3 Å². The number of hydrogen-bond donors (Lipinski definition) is 1. The van der Waals surface area contributed by atoms with Crippen LogP contribution in [0, 0.1) is 5.82 Å². The van der Waals surface area contributed by atoms with Gasteiger partial charge in [0.05, 0.1) is 6.04 Å². The molecular formula is C16H21FN2O. The summed E-state index contributed by atoms with van der Waals surface area (Å²) < 4.78 is 13.6. The number of fused-ring (bicyclic) bond motifs is 1. The van der Waals surface area contributed by atoms with Crippen LogP contribution in [0.3, 0.4) is 0 Å². The molecule has 0 saturated carbocycles. The third-order valence-corrected chi connectivity index (χ3v) is 4.34. The highest BCUT2D eigenvalue weighted by atomic mass is 19.1. The Morgan fingerprint density at radius 3 is 3.00 bits per heavy atom. The Hall–Kier alpha value is -1.58. The van der Waals surface area contributed by atoms with Gasteiger partial charge in [-0.25, -0.2) is 4.39 Å². The van der Waals surface area contributed by atoms with Gasteiger partial charge >= 0.3 is 0 Å². The zero-order chi connectivity index (χ0) is 14.1. The number of likely N-dealkylation sites (tertiary alicyclic amines) is 1. The van der Waals surface area contributed by atoms with E-state index in [2.05, 4.69) is 12.2 Å². The van der Waals surface area contributed by atoms with Crippen LogP contribution in [-0.2, 0) is 4.79 Å². The smallest absolute Gasteiger partial charge is 0.223 e. The van der Waals surface area contributed by atoms with E-state index < -0.39 is 0 Å². The first kappa shape index (κ1) is 13.4. The van der Waals surface area contributed by atoms with E-state index in [0.717, 1.165) is 43.5 Å². The lowest BCUT2D eigenvalue weighted by molar-refractivity contribution is -0.133. The summed E-state index contributed by atoms with van der Waals surface area (Å²) in [6.07, 6.45) is 4.62. The monoisotopic (exact) mass is 276 g/mol. The zero-order valence-corrected chi connectivity index (χ0v) is 11.9. The van der Waals surface area contributed by atoms with Crippen molar-refractivity contribution in [3.63, 3.8) is 0 Å². The molecule has 0 radical (unpaired) electrons. The maximum Gasteiger partial charge on any atom is 0.223 e.